The summed E-state index contributed by atoms with van der Waals surface area (Å²) in [5.74, 6) is -0.608. The summed E-state index contributed by atoms with van der Waals surface area (Å²) in [4.78, 5) is 20.8. The Bertz CT molecular complexity index is 209. The zero-order chi connectivity index (χ0) is 9.84. The van der Waals surface area contributed by atoms with E-state index in [2.05, 4.69) is 10.0 Å². The fourth-order valence-corrected chi connectivity index (χ4v) is 1.00. The van der Waals surface area contributed by atoms with E-state index >= 15 is 0 Å². The van der Waals surface area contributed by atoms with E-state index < -0.39 is 18.5 Å². The molecule has 2 atom stereocenters. The van der Waals surface area contributed by atoms with E-state index in [1.54, 1.807) is 0 Å². The monoisotopic (exact) mass is 190 g/mol. The number of nitrogens with zero attached hydrogens (tertiary/aromatic N) is 2. The fraction of sp³-hybridized carbons (Fsp3) is 0.833. The van der Waals surface area contributed by atoms with Gasteiger partial charge in [-0.25, -0.2) is 5.01 Å². The van der Waals surface area contributed by atoms with Gasteiger partial charge in [0.2, 0.25) is 12.5 Å². The molecule has 1 fully saturated rings. The number of rotatable bonds is 2. The summed E-state index contributed by atoms with van der Waals surface area (Å²) >= 11 is 0. The predicted molar refractivity (Wildman–Crippen MR) is 40.0 cm³/mol. The minimum atomic E-state index is -1.32. The summed E-state index contributed by atoms with van der Waals surface area (Å²) in [6.45, 7) is 1.54. The van der Waals surface area contributed by atoms with Crippen LogP contribution in [0.4, 0.5) is 0 Å². The largest absolute Gasteiger partial charge is 0.435 e. The maximum Gasteiger partial charge on any atom is 0.304 e. The third-order valence-electron chi connectivity index (χ3n) is 1.54. The molecule has 0 radical (unpaired) electrons. The molecule has 7 heteroatoms. The molecule has 1 aliphatic heterocycles. The minimum Gasteiger partial charge on any atom is -0.435 e. The van der Waals surface area contributed by atoms with Gasteiger partial charge in [-0.2, -0.15) is 0 Å². The number of carbonyl (C=O) groups is 1. The quantitative estimate of drug-likeness (QED) is 0.453. The molecule has 0 aromatic rings. The summed E-state index contributed by atoms with van der Waals surface area (Å²) in [5, 5.41) is 12.7. The number of carbonyl (C=O) groups excluding carboxylic acids is 1. The second-order valence-electron chi connectivity index (χ2n) is 2.51. The van der Waals surface area contributed by atoms with Gasteiger partial charge < -0.3 is 14.6 Å². The Labute approximate surface area is 74.2 Å². The Morgan fingerprint density at radius 1 is 1.77 bits per heavy atom. The summed E-state index contributed by atoms with van der Waals surface area (Å²) < 4.78 is 9.39. The van der Waals surface area contributed by atoms with E-state index in [1.807, 2.05) is 0 Å². The third kappa shape index (κ3) is 2.36. The number of aliphatic hydroxyl groups is 1. The van der Waals surface area contributed by atoms with Crippen LogP contribution in [-0.4, -0.2) is 41.8 Å². The summed E-state index contributed by atoms with van der Waals surface area (Å²) in [7, 11) is 0. The number of hydrogen-bond acceptors (Lipinski definition) is 6. The highest BCUT2D eigenvalue weighted by molar-refractivity contribution is 5.66. The second-order valence-corrected chi connectivity index (χ2v) is 2.51. The van der Waals surface area contributed by atoms with E-state index in [0.29, 0.717) is 0 Å². The molecule has 2 unspecified atom stereocenters. The first-order valence-corrected chi connectivity index (χ1v) is 3.72. The topological polar surface area (TPSA) is 88.4 Å². The van der Waals surface area contributed by atoms with E-state index in [9.17, 15) is 14.8 Å². The molecule has 0 bridgehead atoms. The molecule has 0 aliphatic carbocycles. The lowest BCUT2D eigenvalue weighted by molar-refractivity contribution is -0.250. The van der Waals surface area contributed by atoms with Crippen LogP contribution >= 0.6 is 0 Å². The number of aliphatic hydroxyl groups excluding tert-OH is 1. The average molecular weight is 190 g/mol. The number of morpholine rings is 1. The van der Waals surface area contributed by atoms with Crippen LogP contribution in [0, 0.1) is 4.91 Å². The van der Waals surface area contributed by atoms with Crippen molar-refractivity contribution in [3.63, 3.8) is 0 Å². The first-order chi connectivity index (χ1) is 6.15. The van der Waals surface area contributed by atoms with Crippen LogP contribution in [0.5, 0.6) is 0 Å². The highest BCUT2D eigenvalue weighted by Gasteiger charge is 2.33. The van der Waals surface area contributed by atoms with Crippen LogP contribution in [0.15, 0.2) is 5.29 Å². The number of esters is 1. The molecule has 1 saturated heterocycles. The Balaban J connectivity index is 2.61. The lowest BCUT2D eigenvalue weighted by atomic mass is 10.4. The minimum absolute atomic E-state index is 0.171. The highest BCUT2D eigenvalue weighted by atomic mass is 16.7. The van der Waals surface area contributed by atoms with Crippen molar-refractivity contribution in [2.24, 2.45) is 5.29 Å². The smallest absolute Gasteiger partial charge is 0.304 e. The Morgan fingerprint density at radius 3 is 3.00 bits per heavy atom. The van der Waals surface area contributed by atoms with Crippen molar-refractivity contribution in [2.75, 3.05) is 13.2 Å². The van der Waals surface area contributed by atoms with Gasteiger partial charge in [0.15, 0.2) is 0 Å². The molecule has 0 saturated carbocycles. The highest BCUT2D eigenvalue weighted by Crippen LogP contribution is 2.13. The number of ether oxygens (including phenoxy) is 2. The molecule has 0 amide bonds. The van der Waals surface area contributed by atoms with E-state index in [4.69, 9.17) is 4.74 Å². The molecule has 0 aromatic carbocycles. The molecule has 13 heavy (non-hydrogen) atoms. The number of nitroso groups, excluding NO2 is 1. The van der Waals surface area contributed by atoms with Crippen LogP contribution in [-0.2, 0) is 14.3 Å². The number of hydrogen-bond donors (Lipinski definition) is 1. The van der Waals surface area contributed by atoms with Crippen molar-refractivity contribution in [1.82, 2.24) is 5.01 Å². The van der Waals surface area contributed by atoms with E-state index in [-0.39, 0.29) is 13.2 Å². The molecule has 0 aromatic heterocycles. The van der Waals surface area contributed by atoms with Gasteiger partial charge >= 0.3 is 5.97 Å². The third-order valence-corrected chi connectivity index (χ3v) is 1.54. The van der Waals surface area contributed by atoms with Gasteiger partial charge in [-0.1, -0.05) is 0 Å². The van der Waals surface area contributed by atoms with Crippen molar-refractivity contribution < 1.29 is 19.4 Å². The van der Waals surface area contributed by atoms with Gasteiger partial charge in [-0.3, -0.25) is 4.79 Å². The van der Waals surface area contributed by atoms with Crippen molar-refractivity contribution in [3.8, 4) is 0 Å². The maximum atomic E-state index is 10.6. The summed E-state index contributed by atoms with van der Waals surface area (Å²) in [5.41, 5.74) is 0. The van der Waals surface area contributed by atoms with Crippen LogP contribution in [0.1, 0.15) is 6.92 Å². The zero-order valence-corrected chi connectivity index (χ0v) is 7.04. The molecule has 74 valence electrons. The fourth-order valence-electron chi connectivity index (χ4n) is 1.00. The molecular formula is C6H10N2O5. The molecule has 1 heterocycles. The second kappa shape index (κ2) is 4.15. The van der Waals surface area contributed by atoms with Crippen LogP contribution in [0.2, 0.25) is 0 Å². The summed E-state index contributed by atoms with van der Waals surface area (Å²) in [6, 6.07) is 0. The molecule has 1 N–H and O–H groups in total. The lowest BCUT2D eigenvalue weighted by Gasteiger charge is -2.33. The van der Waals surface area contributed by atoms with Crippen molar-refractivity contribution in [2.45, 2.75) is 19.4 Å². The van der Waals surface area contributed by atoms with Crippen molar-refractivity contribution >= 4 is 5.97 Å². The van der Waals surface area contributed by atoms with E-state index in [1.165, 1.54) is 6.92 Å². The van der Waals surface area contributed by atoms with E-state index in [0.717, 1.165) is 5.01 Å². The predicted octanol–water partition coefficient (Wildman–Crippen LogP) is -0.792. The Hall–Kier alpha value is -1.21. The zero-order valence-electron chi connectivity index (χ0n) is 7.04. The molecule has 7 nitrogen and oxygen atoms in total. The lowest BCUT2D eigenvalue weighted by Crippen LogP contribution is -2.50. The van der Waals surface area contributed by atoms with Gasteiger partial charge in [-0.15, -0.1) is 4.91 Å². The van der Waals surface area contributed by atoms with Crippen LogP contribution in [0.3, 0.4) is 0 Å². The SMILES string of the molecule is CC(=O)OC1C(O)OCCN1N=O. The Kier molecular flexibility index (Phi) is 3.15. The average Bonchev–Trinajstić information content (AvgIpc) is 2.08. The van der Waals surface area contributed by atoms with Gasteiger partial charge in [0.1, 0.15) is 0 Å². The summed E-state index contributed by atoms with van der Waals surface area (Å²) in [6.07, 6.45) is -2.46. The molecule has 0 spiro atoms. The van der Waals surface area contributed by atoms with Gasteiger partial charge in [0.25, 0.3) is 0 Å². The normalized spacial score (nSPS) is 28.3. The van der Waals surface area contributed by atoms with Crippen LogP contribution in [0.25, 0.3) is 0 Å². The van der Waals surface area contributed by atoms with Gasteiger partial charge in [0, 0.05) is 6.92 Å². The first kappa shape index (κ1) is 9.87. The first-order valence-electron chi connectivity index (χ1n) is 3.72. The van der Waals surface area contributed by atoms with Crippen molar-refractivity contribution in [3.05, 3.63) is 4.91 Å². The molecular weight excluding hydrogens is 180 g/mol. The van der Waals surface area contributed by atoms with Crippen LogP contribution < -0.4 is 0 Å². The van der Waals surface area contributed by atoms with Crippen molar-refractivity contribution in [1.29, 1.82) is 0 Å². The maximum absolute atomic E-state index is 10.6. The Morgan fingerprint density at radius 2 is 2.46 bits per heavy atom. The van der Waals surface area contributed by atoms with Gasteiger partial charge in [-0.05, 0) is 0 Å². The molecule has 1 rings (SSSR count). The standard InChI is InChI=1S/C6H10N2O5/c1-4(9)13-5-6(10)12-3-2-8(5)7-11/h5-6,10H,2-3H2,1H3. The van der Waals surface area contributed by atoms with Gasteiger partial charge in [0.05, 0.1) is 18.4 Å². The molecule has 1 aliphatic rings.